The summed E-state index contributed by atoms with van der Waals surface area (Å²) in [6.45, 7) is 5.74. The van der Waals surface area contributed by atoms with Crippen LogP contribution in [0, 0.1) is 20.8 Å². The van der Waals surface area contributed by atoms with Gasteiger partial charge in [0.05, 0.1) is 11.4 Å². The maximum absolute atomic E-state index is 12.8. The van der Waals surface area contributed by atoms with Gasteiger partial charge in [-0.05, 0) is 44.0 Å². The Bertz CT molecular complexity index is 1120. The van der Waals surface area contributed by atoms with E-state index in [0.29, 0.717) is 16.9 Å². The SMILES string of the molecule is Cc1cc(C)c(NS(=O)(=O)c2cc(-c3ccc(=O)n(C)n3)cs2)c(C)c1. The monoisotopic (exact) mass is 389 g/mol. The average Bonchev–Trinajstić information content (AvgIpc) is 3.04. The first-order valence-electron chi connectivity index (χ1n) is 7.91. The Balaban J connectivity index is 1.95. The molecule has 0 amide bonds. The molecule has 8 heteroatoms. The molecule has 0 saturated carbocycles. The molecule has 0 radical (unpaired) electrons. The first-order valence-corrected chi connectivity index (χ1v) is 10.3. The average molecular weight is 390 g/mol. The van der Waals surface area contributed by atoms with Gasteiger partial charge in [0, 0.05) is 24.1 Å². The van der Waals surface area contributed by atoms with Crippen molar-refractivity contribution in [2.24, 2.45) is 7.05 Å². The second-order valence-corrected chi connectivity index (χ2v) is 9.03. The number of hydrogen-bond donors (Lipinski definition) is 1. The molecule has 0 spiro atoms. The van der Waals surface area contributed by atoms with Gasteiger partial charge in [-0.3, -0.25) is 9.52 Å². The van der Waals surface area contributed by atoms with Crippen LogP contribution >= 0.6 is 11.3 Å². The van der Waals surface area contributed by atoms with E-state index < -0.39 is 10.0 Å². The van der Waals surface area contributed by atoms with E-state index in [1.807, 2.05) is 32.9 Å². The first kappa shape index (κ1) is 18.3. The highest BCUT2D eigenvalue weighted by atomic mass is 32.2. The largest absolute Gasteiger partial charge is 0.278 e. The summed E-state index contributed by atoms with van der Waals surface area (Å²) in [6, 6.07) is 8.45. The van der Waals surface area contributed by atoms with Crippen molar-refractivity contribution in [2.75, 3.05) is 4.72 Å². The van der Waals surface area contributed by atoms with Crippen LogP contribution in [0.15, 0.2) is 44.7 Å². The minimum atomic E-state index is -3.70. The molecule has 2 aromatic heterocycles. The van der Waals surface area contributed by atoms with Gasteiger partial charge in [-0.15, -0.1) is 11.3 Å². The number of rotatable bonds is 4. The van der Waals surface area contributed by atoms with Gasteiger partial charge in [-0.2, -0.15) is 5.10 Å². The number of aryl methyl sites for hydroxylation is 4. The van der Waals surface area contributed by atoms with E-state index in [1.54, 1.807) is 24.6 Å². The highest BCUT2D eigenvalue weighted by molar-refractivity contribution is 7.94. The number of thiophene rings is 1. The molecular weight excluding hydrogens is 370 g/mol. The summed E-state index contributed by atoms with van der Waals surface area (Å²) in [4.78, 5) is 11.5. The summed E-state index contributed by atoms with van der Waals surface area (Å²) >= 11 is 1.12. The smallest absolute Gasteiger partial charge is 0.271 e. The van der Waals surface area contributed by atoms with Gasteiger partial charge in [-0.1, -0.05) is 17.7 Å². The lowest BCUT2D eigenvalue weighted by Gasteiger charge is -2.13. The molecule has 26 heavy (non-hydrogen) atoms. The zero-order valence-electron chi connectivity index (χ0n) is 14.9. The van der Waals surface area contributed by atoms with Crippen molar-refractivity contribution in [3.8, 4) is 11.3 Å². The molecular formula is C18H19N3O3S2. The molecule has 0 atom stereocenters. The Kier molecular flexibility index (Phi) is 4.72. The molecule has 0 saturated heterocycles. The van der Waals surface area contributed by atoms with Crippen molar-refractivity contribution in [2.45, 2.75) is 25.0 Å². The Morgan fingerprint density at radius 1 is 1.08 bits per heavy atom. The lowest BCUT2D eigenvalue weighted by Crippen LogP contribution is -2.18. The van der Waals surface area contributed by atoms with Crippen LogP contribution in [0.1, 0.15) is 16.7 Å². The highest BCUT2D eigenvalue weighted by Crippen LogP contribution is 2.30. The lowest BCUT2D eigenvalue weighted by atomic mass is 10.1. The van der Waals surface area contributed by atoms with E-state index in [1.165, 1.54) is 10.7 Å². The fourth-order valence-electron chi connectivity index (χ4n) is 2.77. The second kappa shape index (κ2) is 6.69. The third-order valence-corrected chi connectivity index (χ3v) is 6.80. The van der Waals surface area contributed by atoms with Crippen LogP contribution in [0.3, 0.4) is 0 Å². The van der Waals surface area contributed by atoms with Crippen LogP contribution in [0.2, 0.25) is 0 Å². The minimum Gasteiger partial charge on any atom is -0.278 e. The maximum Gasteiger partial charge on any atom is 0.271 e. The van der Waals surface area contributed by atoms with Gasteiger partial charge in [0.1, 0.15) is 4.21 Å². The molecule has 2 heterocycles. The molecule has 0 aliphatic rings. The van der Waals surface area contributed by atoms with Crippen LogP contribution in [0.25, 0.3) is 11.3 Å². The number of benzene rings is 1. The quantitative estimate of drug-likeness (QED) is 0.743. The van der Waals surface area contributed by atoms with Gasteiger partial charge in [0.25, 0.3) is 15.6 Å². The van der Waals surface area contributed by atoms with Crippen molar-refractivity contribution < 1.29 is 8.42 Å². The van der Waals surface area contributed by atoms with Gasteiger partial charge in [-0.25, -0.2) is 13.1 Å². The molecule has 0 aliphatic carbocycles. The summed E-state index contributed by atoms with van der Waals surface area (Å²) in [5.41, 5.74) is 4.43. The van der Waals surface area contributed by atoms with Crippen molar-refractivity contribution in [1.82, 2.24) is 9.78 Å². The number of anilines is 1. The van der Waals surface area contributed by atoms with Crippen LogP contribution in [0.5, 0.6) is 0 Å². The number of nitrogens with one attached hydrogen (secondary N) is 1. The molecule has 0 aliphatic heterocycles. The number of hydrogen-bond acceptors (Lipinski definition) is 5. The van der Waals surface area contributed by atoms with E-state index in [-0.39, 0.29) is 9.77 Å². The summed E-state index contributed by atoms with van der Waals surface area (Å²) in [5, 5.41) is 5.87. The number of sulfonamides is 1. The number of nitrogens with zero attached hydrogens (tertiary/aromatic N) is 2. The van der Waals surface area contributed by atoms with Gasteiger partial charge in [0.2, 0.25) is 0 Å². The normalized spacial score (nSPS) is 11.5. The molecule has 136 valence electrons. The summed E-state index contributed by atoms with van der Waals surface area (Å²) in [5.74, 6) is 0. The minimum absolute atomic E-state index is 0.197. The standard InChI is InChI=1S/C18H19N3O3S2/c1-11-7-12(2)18(13(3)8-11)20-26(23,24)17-9-14(10-25-17)15-5-6-16(22)21(4)19-15/h5-10,20H,1-4H3. The predicted molar refractivity (Wildman–Crippen MR) is 104 cm³/mol. The van der Waals surface area contributed by atoms with Crippen molar-refractivity contribution in [3.05, 3.63) is 62.8 Å². The van der Waals surface area contributed by atoms with Gasteiger partial charge < -0.3 is 0 Å². The van der Waals surface area contributed by atoms with E-state index >= 15 is 0 Å². The van der Waals surface area contributed by atoms with Crippen molar-refractivity contribution in [1.29, 1.82) is 0 Å². The Morgan fingerprint density at radius 2 is 1.73 bits per heavy atom. The van der Waals surface area contributed by atoms with Crippen LogP contribution in [-0.2, 0) is 17.1 Å². The topological polar surface area (TPSA) is 81.1 Å². The molecule has 3 rings (SSSR count). The molecule has 6 nitrogen and oxygen atoms in total. The van der Waals surface area contributed by atoms with Gasteiger partial charge >= 0.3 is 0 Å². The summed E-state index contributed by atoms with van der Waals surface area (Å²) in [6.07, 6.45) is 0. The Morgan fingerprint density at radius 3 is 2.35 bits per heavy atom. The lowest BCUT2D eigenvalue weighted by molar-refractivity contribution is 0.603. The van der Waals surface area contributed by atoms with E-state index in [2.05, 4.69) is 9.82 Å². The molecule has 1 N–H and O–H groups in total. The van der Waals surface area contributed by atoms with Crippen LogP contribution in [-0.4, -0.2) is 18.2 Å². The zero-order chi connectivity index (χ0) is 19.1. The van der Waals surface area contributed by atoms with Crippen molar-refractivity contribution in [3.63, 3.8) is 0 Å². The zero-order valence-corrected chi connectivity index (χ0v) is 16.5. The van der Waals surface area contributed by atoms with Gasteiger partial charge in [0.15, 0.2) is 0 Å². The molecule has 0 unspecified atom stereocenters. The van der Waals surface area contributed by atoms with Crippen molar-refractivity contribution >= 4 is 27.0 Å². The fraction of sp³-hybridized carbons (Fsp3) is 0.222. The third-order valence-electron chi connectivity index (χ3n) is 4.01. The first-order chi connectivity index (χ1) is 12.2. The van der Waals surface area contributed by atoms with E-state index in [0.717, 1.165) is 28.0 Å². The molecule has 0 bridgehead atoms. The Labute approximate surface area is 156 Å². The predicted octanol–water partition coefficient (Wildman–Crippen LogP) is 3.23. The Hall–Kier alpha value is -2.45. The third kappa shape index (κ3) is 3.56. The van der Waals surface area contributed by atoms with E-state index in [4.69, 9.17) is 0 Å². The van der Waals surface area contributed by atoms with Crippen LogP contribution in [0.4, 0.5) is 5.69 Å². The highest BCUT2D eigenvalue weighted by Gasteiger charge is 2.20. The summed E-state index contributed by atoms with van der Waals surface area (Å²) < 4.78 is 29.7. The second-order valence-electron chi connectivity index (χ2n) is 6.21. The van der Waals surface area contributed by atoms with Crippen LogP contribution < -0.4 is 10.3 Å². The fourth-order valence-corrected chi connectivity index (χ4v) is 5.15. The molecule has 1 aromatic carbocycles. The van der Waals surface area contributed by atoms with E-state index in [9.17, 15) is 13.2 Å². The number of aromatic nitrogens is 2. The maximum atomic E-state index is 12.8. The molecule has 3 aromatic rings. The summed E-state index contributed by atoms with van der Waals surface area (Å²) in [7, 11) is -2.15. The molecule has 0 fully saturated rings.